The van der Waals surface area contributed by atoms with Gasteiger partial charge < -0.3 is 4.57 Å². The molecule has 25 heavy (non-hydrogen) atoms. The molecule has 0 N–H and O–H groups in total. The van der Waals surface area contributed by atoms with Gasteiger partial charge in [0, 0.05) is 35.5 Å². The highest BCUT2D eigenvalue weighted by atomic mass is 16.6. The Morgan fingerprint density at radius 2 is 1.76 bits per heavy atom. The van der Waals surface area contributed by atoms with E-state index in [1.165, 1.54) is 6.92 Å². The van der Waals surface area contributed by atoms with Crippen LogP contribution in [-0.2, 0) is 11.3 Å². The second-order valence-corrected chi connectivity index (χ2v) is 6.12. The van der Waals surface area contributed by atoms with Crippen molar-refractivity contribution in [3.8, 4) is 0 Å². The molecule has 2 atom stereocenters. The Balaban J connectivity index is 2.29. The summed E-state index contributed by atoms with van der Waals surface area (Å²) >= 11 is 0. The summed E-state index contributed by atoms with van der Waals surface area (Å²) in [6, 6.07) is 15.8. The second-order valence-electron chi connectivity index (χ2n) is 6.12. The van der Waals surface area contributed by atoms with Crippen molar-refractivity contribution in [3.05, 3.63) is 82.0 Å². The molecule has 0 unspecified atom stereocenters. The molecule has 0 aliphatic heterocycles. The smallest absolute Gasteiger partial charge is 0.280 e. The van der Waals surface area contributed by atoms with Crippen LogP contribution in [0.2, 0.25) is 0 Å². The molecular formula is C20H20N2O3. The first kappa shape index (κ1) is 16.9. The van der Waals surface area contributed by atoms with Gasteiger partial charge in [-0.05, 0) is 24.1 Å². The van der Waals surface area contributed by atoms with Crippen LogP contribution in [0.25, 0.3) is 10.9 Å². The molecule has 0 saturated carbocycles. The molecule has 5 heteroatoms. The highest BCUT2D eigenvalue weighted by Gasteiger charge is 2.39. The van der Waals surface area contributed by atoms with Gasteiger partial charge in [0.05, 0.1) is 5.92 Å². The average molecular weight is 336 g/mol. The molecule has 0 saturated heterocycles. The van der Waals surface area contributed by atoms with Crippen LogP contribution in [0.4, 0.5) is 0 Å². The van der Waals surface area contributed by atoms with E-state index in [2.05, 4.69) is 4.57 Å². The van der Waals surface area contributed by atoms with Crippen molar-refractivity contribution in [2.45, 2.75) is 32.4 Å². The lowest BCUT2D eigenvalue weighted by Gasteiger charge is -2.19. The monoisotopic (exact) mass is 336 g/mol. The van der Waals surface area contributed by atoms with Crippen LogP contribution in [0.5, 0.6) is 0 Å². The molecule has 3 rings (SSSR count). The van der Waals surface area contributed by atoms with E-state index in [1.54, 1.807) is 0 Å². The first-order valence-electron chi connectivity index (χ1n) is 8.31. The van der Waals surface area contributed by atoms with E-state index in [4.69, 9.17) is 0 Å². The number of ketones is 1. The maximum absolute atomic E-state index is 12.1. The number of aryl methyl sites for hydroxylation is 1. The van der Waals surface area contributed by atoms with Crippen molar-refractivity contribution in [1.29, 1.82) is 0 Å². The third kappa shape index (κ3) is 3.05. The largest absolute Gasteiger partial charge is 0.347 e. The third-order valence-electron chi connectivity index (χ3n) is 4.61. The van der Waals surface area contributed by atoms with Gasteiger partial charge in [-0.15, -0.1) is 0 Å². The summed E-state index contributed by atoms with van der Waals surface area (Å²) in [7, 11) is 0. The molecule has 128 valence electrons. The fraction of sp³-hybridized carbons (Fsp3) is 0.250. The highest BCUT2D eigenvalue weighted by Crippen LogP contribution is 2.36. The normalized spacial score (nSPS) is 13.5. The number of nitro groups is 1. The predicted octanol–water partition coefficient (Wildman–Crippen LogP) is 4.03. The molecule has 1 aromatic heterocycles. The van der Waals surface area contributed by atoms with E-state index in [0.29, 0.717) is 0 Å². The zero-order chi connectivity index (χ0) is 18.0. The molecule has 0 spiro atoms. The number of aromatic nitrogens is 1. The van der Waals surface area contributed by atoms with Crippen LogP contribution in [-0.4, -0.2) is 21.3 Å². The highest BCUT2D eigenvalue weighted by molar-refractivity contribution is 5.88. The number of nitrogens with zero attached hydrogens (tertiary/aromatic N) is 2. The second kappa shape index (κ2) is 6.89. The van der Waals surface area contributed by atoms with Crippen LogP contribution in [0.15, 0.2) is 60.8 Å². The summed E-state index contributed by atoms with van der Waals surface area (Å²) in [6.45, 7) is 4.08. The predicted molar refractivity (Wildman–Crippen MR) is 97.4 cm³/mol. The number of carbonyl (C=O) groups excluding carboxylic acids is 1. The Hall–Kier alpha value is -2.95. The SMILES string of the molecule is CCn1cc([C@@H](c2ccccc2)[C@H](C(C)=O)[N+](=O)[O-])c2ccccc21. The van der Waals surface area contributed by atoms with Crippen molar-refractivity contribution in [2.75, 3.05) is 0 Å². The zero-order valence-electron chi connectivity index (χ0n) is 14.3. The Labute approximate surface area is 146 Å². The summed E-state index contributed by atoms with van der Waals surface area (Å²) in [5.41, 5.74) is 2.62. The molecule has 5 nitrogen and oxygen atoms in total. The van der Waals surface area contributed by atoms with Crippen molar-refractivity contribution in [2.24, 2.45) is 0 Å². The maximum atomic E-state index is 12.1. The summed E-state index contributed by atoms with van der Waals surface area (Å²) in [5.74, 6) is -1.06. The van der Waals surface area contributed by atoms with Gasteiger partial charge in [0.1, 0.15) is 0 Å². The fourth-order valence-electron chi connectivity index (χ4n) is 3.48. The molecule has 1 heterocycles. The summed E-state index contributed by atoms with van der Waals surface area (Å²) < 4.78 is 2.07. The zero-order valence-corrected chi connectivity index (χ0v) is 14.3. The lowest BCUT2D eigenvalue weighted by Crippen LogP contribution is -2.34. The Kier molecular flexibility index (Phi) is 4.65. The number of carbonyl (C=O) groups is 1. The fourth-order valence-corrected chi connectivity index (χ4v) is 3.48. The minimum absolute atomic E-state index is 0.438. The molecule has 0 bridgehead atoms. The minimum atomic E-state index is -1.31. The summed E-state index contributed by atoms with van der Waals surface area (Å²) in [4.78, 5) is 23.4. The van der Waals surface area contributed by atoms with Crippen molar-refractivity contribution in [3.63, 3.8) is 0 Å². The van der Waals surface area contributed by atoms with Crippen molar-refractivity contribution >= 4 is 16.7 Å². The molecule has 0 aliphatic carbocycles. The topological polar surface area (TPSA) is 65.1 Å². The van der Waals surface area contributed by atoms with Crippen LogP contribution < -0.4 is 0 Å². The quantitative estimate of drug-likeness (QED) is 0.504. The number of hydrogen-bond donors (Lipinski definition) is 0. The third-order valence-corrected chi connectivity index (χ3v) is 4.61. The summed E-state index contributed by atoms with van der Waals surface area (Å²) in [6.07, 6.45) is 1.95. The van der Waals surface area contributed by atoms with Gasteiger partial charge in [0.25, 0.3) is 6.04 Å². The van der Waals surface area contributed by atoms with Gasteiger partial charge in [0.2, 0.25) is 5.78 Å². The molecule has 2 aromatic carbocycles. The van der Waals surface area contributed by atoms with E-state index in [9.17, 15) is 14.9 Å². The molecule has 0 amide bonds. The van der Waals surface area contributed by atoms with E-state index in [1.807, 2.05) is 67.7 Å². The van der Waals surface area contributed by atoms with Gasteiger partial charge in [-0.2, -0.15) is 0 Å². The van der Waals surface area contributed by atoms with Gasteiger partial charge in [-0.25, -0.2) is 0 Å². The number of rotatable bonds is 6. The van der Waals surface area contributed by atoms with Gasteiger partial charge in [0.15, 0.2) is 0 Å². The van der Waals surface area contributed by atoms with E-state index in [0.717, 1.165) is 28.6 Å². The first-order valence-corrected chi connectivity index (χ1v) is 8.31. The van der Waals surface area contributed by atoms with Crippen LogP contribution in [0.1, 0.15) is 30.9 Å². The van der Waals surface area contributed by atoms with Crippen molar-refractivity contribution < 1.29 is 9.72 Å². The summed E-state index contributed by atoms with van der Waals surface area (Å²) in [5, 5.41) is 12.7. The average Bonchev–Trinajstić information content (AvgIpc) is 2.98. The maximum Gasteiger partial charge on any atom is 0.280 e. The van der Waals surface area contributed by atoms with Crippen molar-refractivity contribution in [1.82, 2.24) is 4.57 Å². The number of benzene rings is 2. The molecule has 0 aliphatic rings. The minimum Gasteiger partial charge on any atom is -0.347 e. The molecule has 3 aromatic rings. The lowest BCUT2D eigenvalue weighted by atomic mass is 9.83. The molecule has 0 fully saturated rings. The Bertz CT molecular complexity index is 901. The first-order chi connectivity index (χ1) is 12.0. The van der Waals surface area contributed by atoms with Crippen LogP contribution >= 0.6 is 0 Å². The van der Waals surface area contributed by atoms with E-state index < -0.39 is 22.7 Å². The van der Waals surface area contributed by atoms with Gasteiger partial charge in [-0.1, -0.05) is 48.5 Å². The lowest BCUT2D eigenvalue weighted by molar-refractivity contribution is -0.509. The Morgan fingerprint density at radius 3 is 2.36 bits per heavy atom. The van der Waals surface area contributed by atoms with E-state index >= 15 is 0 Å². The van der Waals surface area contributed by atoms with Crippen LogP contribution in [0, 0.1) is 10.1 Å². The standard InChI is InChI=1S/C20H20N2O3/c1-3-21-13-17(16-11-7-8-12-18(16)21)19(15-9-5-4-6-10-15)20(14(2)23)22(24)25/h4-13,19-20H,3H2,1-2H3/t19-,20+/m1/s1. The molecular weight excluding hydrogens is 316 g/mol. The van der Waals surface area contributed by atoms with E-state index in [-0.39, 0.29) is 0 Å². The number of hydrogen-bond acceptors (Lipinski definition) is 3. The number of fused-ring (bicyclic) bond motifs is 1. The molecule has 0 radical (unpaired) electrons. The Morgan fingerprint density at radius 1 is 1.12 bits per heavy atom. The van der Waals surface area contributed by atoms with Gasteiger partial charge in [-0.3, -0.25) is 14.9 Å². The number of Topliss-reactive ketones (excluding diaryl/α,β-unsaturated/α-hetero) is 1. The van der Waals surface area contributed by atoms with Crippen LogP contribution in [0.3, 0.4) is 0 Å². The van der Waals surface area contributed by atoms with Gasteiger partial charge >= 0.3 is 0 Å². The number of para-hydroxylation sites is 1.